The molecule has 7 heteroatoms. The molecule has 6 nitrogen and oxygen atoms in total. The van der Waals surface area contributed by atoms with Crippen molar-refractivity contribution in [3.63, 3.8) is 0 Å². The van der Waals surface area contributed by atoms with Gasteiger partial charge in [0.05, 0.1) is 7.11 Å². The molecule has 104 valence electrons. The zero-order valence-electron chi connectivity index (χ0n) is 10.8. The molecule has 0 heterocycles. The fourth-order valence-corrected chi connectivity index (χ4v) is 1.45. The number of oxime groups is 1. The van der Waals surface area contributed by atoms with Crippen molar-refractivity contribution in [3.05, 3.63) is 29.6 Å². The van der Waals surface area contributed by atoms with Crippen LogP contribution in [-0.2, 0) is 0 Å². The van der Waals surface area contributed by atoms with Gasteiger partial charge in [-0.05, 0) is 18.2 Å². The minimum Gasteiger partial charge on any atom is -0.494 e. The monoisotopic (exact) mass is 269 g/mol. The van der Waals surface area contributed by atoms with Gasteiger partial charge in [-0.25, -0.2) is 4.39 Å². The summed E-state index contributed by atoms with van der Waals surface area (Å²) in [7, 11) is 2.90. The topological polar surface area (TPSA) is 88.2 Å². The van der Waals surface area contributed by atoms with Gasteiger partial charge in [0, 0.05) is 25.6 Å². The third-order valence-electron chi connectivity index (χ3n) is 2.58. The standard InChI is InChI=1S/C12H16FN3O3/c1-16(6-5-11(14)15-18)12(17)8-3-4-9(13)10(7-8)19-2/h3-4,7,18H,5-6H2,1-2H3,(H2,14,15). The van der Waals surface area contributed by atoms with E-state index in [9.17, 15) is 9.18 Å². The molecule has 0 unspecified atom stereocenters. The average Bonchev–Trinajstić information content (AvgIpc) is 2.43. The van der Waals surface area contributed by atoms with Crippen molar-refractivity contribution < 1.29 is 19.1 Å². The second kappa shape index (κ2) is 6.58. The number of nitrogens with two attached hydrogens (primary N) is 1. The number of amides is 1. The maximum Gasteiger partial charge on any atom is 0.253 e. The van der Waals surface area contributed by atoms with E-state index in [1.165, 1.54) is 30.2 Å². The molecule has 1 aromatic rings. The molecule has 0 bridgehead atoms. The number of nitrogens with zero attached hydrogens (tertiary/aromatic N) is 2. The second-order valence-corrected chi connectivity index (χ2v) is 3.92. The molecule has 0 aliphatic rings. The molecule has 0 saturated heterocycles. The van der Waals surface area contributed by atoms with Crippen molar-refractivity contribution in [2.75, 3.05) is 20.7 Å². The van der Waals surface area contributed by atoms with E-state index in [-0.39, 0.29) is 30.5 Å². The van der Waals surface area contributed by atoms with Gasteiger partial charge in [0.25, 0.3) is 5.91 Å². The fraction of sp³-hybridized carbons (Fsp3) is 0.333. The van der Waals surface area contributed by atoms with Gasteiger partial charge in [0.1, 0.15) is 5.84 Å². The Balaban J connectivity index is 2.76. The highest BCUT2D eigenvalue weighted by atomic mass is 19.1. The smallest absolute Gasteiger partial charge is 0.253 e. The van der Waals surface area contributed by atoms with E-state index in [0.717, 1.165) is 0 Å². The van der Waals surface area contributed by atoms with Gasteiger partial charge in [-0.2, -0.15) is 0 Å². The van der Waals surface area contributed by atoms with Crippen LogP contribution in [0.3, 0.4) is 0 Å². The molecule has 1 aromatic carbocycles. The summed E-state index contributed by atoms with van der Waals surface area (Å²) in [5.74, 6) is -0.783. The van der Waals surface area contributed by atoms with E-state index in [4.69, 9.17) is 15.7 Å². The van der Waals surface area contributed by atoms with Crippen LogP contribution >= 0.6 is 0 Å². The maximum absolute atomic E-state index is 13.2. The van der Waals surface area contributed by atoms with E-state index in [2.05, 4.69) is 5.16 Å². The van der Waals surface area contributed by atoms with Crippen molar-refractivity contribution >= 4 is 11.7 Å². The van der Waals surface area contributed by atoms with E-state index < -0.39 is 5.82 Å². The van der Waals surface area contributed by atoms with Crippen LogP contribution in [0.15, 0.2) is 23.4 Å². The first kappa shape index (κ1) is 14.7. The summed E-state index contributed by atoms with van der Waals surface area (Å²) in [4.78, 5) is 13.4. The number of carbonyl (C=O) groups excluding carboxylic acids is 1. The molecular formula is C12H16FN3O3. The Hall–Kier alpha value is -2.31. The zero-order chi connectivity index (χ0) is 14.4. The van der Waals surface area contributed by atoms with Crippen LogP contribution < -0.4 is 10.5 Å². The number of methoxy groups -OCH3 is 1. The summed E-state index contributed by atoms with van der Waals surface area (Å²) in [5, 5.41) is 11.2. The predicted molar refractivity (Wildman–Crippen MR) is 67.9 cm³/mol. The zero-order valence-corrected chi connectivity index (χ0v) is 10.8. The number of rotatable bonds is 5. The molecule has 0 fully saturated rings. The third-order valence-corrected chi connectivity index (χ3v) is 2.58. The third kappa shape index (κ3) is 3.84. The summed E-state index contributed by atoms with van der Waals surface area (Å²) in [6.07, 6.45) is 0.247. The summed E-state index contributed by atoms with van der Waals surface area (Å²) in [5.41, 5.74) is 5.62. The first-order chi connectivity index (χ1) is 8.99. The molecule has 3 N–H and O–H groups in total. The number of ether oxygens (including phenoxy) is 1. The van der Waals surface area contributed by atoms with Gasteiger partial charge < -0.3 is 20.6 Å². The lowest BCUT2D eigenvalue weighted by molar-refractivity contribution is 0.0798. The molecule has 1 amide bonds. The molecular weight excluding hydrogens is 253 g/mol. The first-order valence-corrected chi connectivity index (χ1v) is 5.55. The minimum atomic E-state index is -0.529. The minimum absolute atomic E-state index is 0.00989. The SMILES string of the molecule is COc1cc(C(=O)N(C)CC/C(N)=N/O)ccc1F. The normalized spacial score (nSPS) is 11.2. The van der Waals surface area contributed by atoms with Crippen LogP contribution in [0.5, 0.6) is 5.75 Å². The largest absolute Gasteiger partial charge is 0.494 e. The van der Waals surface area contributed by atoms with E-state index in [0.29, 0.717) is 5.56 Å². The molecule has 0 aliphatic carbocycles. The maximum atomic E-state index is 13.2. The number of benzene rings is 1. The molecule has 0 atom stereocenters. The van der Waals surface area contributed by atoms with Crippen LogP contribution in [0.1, 0.15) is 16.8 Å². The highest BCUT2D eigenvalue weighted by Gasteiger charge is 2.14. The Bertz CT molecular complexity index is 491. The summed E-state index contributed by atoms with van der Waals surface area (Å²) >= 11 is 0. The van der Waals surface area contributed by atoms with E-state index >= 15 is 0 Å². The Morgan fingerprint density at radius 1 is 1.58 bits per heavy atom. The number of hydrogen-bond acceptors (Lipinski definition) is 4. The Kier molecular flexibility index (Phi) is 5.11. The van der Waals surface area contributed by atoms with Crippen LogP contribution in [0, 0.1) is 5.82 Å². The van der Waals surface area contributed by atoms with Gasteiger partial charge in [0.15, 0.2) is 11.6 Å². The van der Waals surface area contributed by atoms with Crippen molar-refractivity contribution in [2.24, 2.45) is 10.9 Å². The summed E-state index contributed by atoms with van der Waals surface area (Å²) in [6, 6.07) is 3.88. The van der Waals surface area contributed by atoms with Crippen molar-refractivity contribution in [2.45, 2.75) is 6.42 Å². The molecule has 19 heavy (non-hydrogen) atoms. The Morgan fingerprint density at radius 2 is 2.26 bits per heavy atom. The average molecular weight is 269 g/mol. The number of hydrogen-bond donors (Lipinski definition) is 2. The highest BCUT2D eigenvalue weighted by molar-refractivity contribution is 5.94. The molecule has 0 aromatic heterocycles. The Labute approximate surface area is 110 Å². The lowest BCUT2D eigenvalue weighted by Crippen LogP contribution is -2.30. The van der Waals surface area contributed by atoms with Gasteiger partial charge >= 0.3 is 0 Å². The molecule has 0 spiro atoms. The molecule has 0 aliphatic heterocycles. The molecule has 0 radical (unpaired) electrons. The van der Waals surface area contributed by atoms with Gasteiger partial charge in [-0.3, -0.25) is 4.79 Å². The Morgan fingerprint density at radius 3 is 2.84 bits per heavy atom. The predicted octanol–water partition coefficient (Wildman–Crippen LogP) is 1.04. The van der Waals surface area contributed by atoms with E-state index in [1.54, 1.807) is 7.05 Å². The number of amidine groups is 1. The van der Waals surface area contributed by atoms with Gasteiger partial charge in [-0.15, -0.1) is 0 Å². The second-order valence-electron chi connectivity index (χ2n) is 3.92. The number of carbonyl (C=O) groups is 1. The molecule has 1 rings (SSSR count). The van der Waals surface area contributed by atoms with Crippen molar-refractivity contribution in [1.29, 1.82) is 0 Å². The van der Waals surface area contributed by atoms with Gasteiger partial charge in [0.2, 0.25) is 0 Å². The first-order valence-electron chi connectivity index (χ1n) is 5.55. The lowest BCUT2D eigenvalue weighted by atomic mass is 10.2. The van der Waals surface area contributed by atoms with Crippen LogP contribution in [-0.4, -0.2) is 42.6 Å². The van der Waals surface area contributed by atoms with Crippen LogP contribution in [0.25, 0.3) is 0 Å². The molecule has 0 saturated carbocycles. The summed E-state index contributed by atoms with van der Waals surface area (Å²) in [6.45, 7) is 0.286. The fourth-order valence-electron chi connectivity index (χ4n) is 1.45. The number of halogens is 1. The van der Waals surface area contributed by atoms with Crippen LogP contribution in [0.4, 0.5) is 4.39 Å². The lowest BCUT2D eigenvalue weighted by Gasteiger charge is -2.17. The van der Waals surface area contributed by atoms with Gasteiger partial charge in [-0.1, -0.05) is 5.16 Å². The quantitative estimate of drug-likeness (QED) is 0.362. The van der Waals surface area contributed by atoms with Crippen LogP contribution in [0.2, 0.25) is 0 Å². The highest BCUT2D eigenvalue weighted by Crippen LogP contribution is 2.19. The summed E-state index contributed by atoms with van der Waals surface area (Å²) < 4.78 is 18.0. The van der Waals surface area contributed by atoms with E-state index in [1.807, 2.05) is 0 Å². The van der Waals surface area contributed by atoms with Crippen molar-refractivity contribution in [3.8, 4) is 5.75 Å². The van der Waals surface area contributed by atoms with Crippen molar-refractivity contribution in [1.82, 2.24) is 4.90 Å².